The van der Waals surface area contributed by atoms with Crippen LogP contribution in [-0.4, -0.2) is 10.1 Å². The molecular formula is C31H31NO. The monoisotopic (exact) mass is 433 g/mol. The summed E-state index contributed by atoms with van der Waals surface area (Å²) in [6.45, 7) is 6.47. The van der Waals surface area contributed by atoms with Crippen molar-refractivity contribution < 1.29 is 5.11 Å². The maximum absolute atomic E-state index is 12.5. The van der Waals surface area contributed by atoms with Crippen LogP contribution in [0.5, 0.6) is 0 Å². The van der Waals surface area contributed by atoms with Gasteiger partial charge in [0, 0.05) is 22.1 Å². The average molecular weight is 434 g/mol. The predicted octanol–water partition coefficient (Wildman–Crippen LogP) is 7.81. The minimum Gasteiger partial charge on any atom is -0.381 e. The summed E-state index contributed by atoms with van der Waals surface area (Å²) in [5.74, 6) is 0. The number of aromatic nitrogens is 1. The first kappa shape index (κ1) is 21.6. The van der Waals surface area contributed by atoms with Crippen LogP contribution in [0.1, 0.15) is 61.8 Å². The molecule has 166 valence electrons. The van der Waals surface area contributed by atoms with E-state index < -0.39 is 5.60 Å². The third-order valence-corrected chi connectivity index (χ3v) is 6.86. The summed E-state index contributed by atoms with van der Waals surface area (Å²) in [6.07, 6.45) is 3.42. The second-order valence-electron chi connectivity index (χ2n) is 9.17. The number of hydrogen-bond acceptors (Lipinski definition) is 2. The first-order valence-electron chi connectivity index (χ1n) is 12.1. The first-order valence-corrected chi connectivity index (χ1v) is 12.1. The fourth-order valence-corrected chi connectivity index (χ4v) is 5.45. The quantitative estimate of drug-likeness (QED) is 0.336. The lowest BCUT2D eigenvalue weighted by Crippen LogP contribution is -2.27. The summed E-state index contributed by atoms with van der Waals surface area (Å²) in [5.41, 5.74) is 8.77. The van der Waals surface area contributed by atoms with Crippen molar-refractivity contribution in [3.63, 3.8) is 0 Å². The zero-order valence-electron chi connectivity index (χ0n) is 19.7. The van der Waals surface area contributed by atoms with Gasteiger partial charge in [0.25, 0.3) is 0 Å². The Labute approximate surface area is 196 Å². The van der Waals surface area contributed by atoms with Crippen molar-refractivity contribution in [2.24, 2.45) is 0 Å². The van der Waals surface area contributed by atoms with Gasteiger partial charge < -0.3 is 5.11 Å². The van der Waals surface area contributed by atoms with Crippen LogP contribution in [0, 0.1) is 6.92 Å². The highest BCUT2D eigenvalue weighted by molar-refractivity contribution is 6.04. The fourth-order valence-electron chi connectivity index (χ4n) is 5.45. The molecule has 2 nitrogen and oxygen atoms in total. The largest absolute Gasteiger partial charge is 0.381 e. The Balaban J connectivity index is 1.95. The number of nitrogens with zero attached hydrogens (tertiary/aromatic N) is 1. The molecule has 1 atom stereocenters. The van der Waals surface area contributed by atoms with Gasteiger partial charge in [0.05, 0.1) is 11.2 Å². The molecule has 4 aromatic rings. The summed E-state index contributed by atoms with van der Waals surface area (Å²) >= 11 is 0. The van der Waals surface area contributed by atoms with E-state index in [4.69, 9.17) is 4.98 Å². The Morgan fingerprint density at radius 1 is 0.788 bits per heavy atom. The van der Waals surface area contributed by atoms with E-state index in [2.05, 4.69) is 75.4 Å². The molecule has 1 heterocycles. The maximum atomic E-state index is 12.5. The van der Waals surface area contributed by atoms with Gasteiger partial charge in [-0.1, -0.05) is 105 Å². The highest BCUT2D eigenvalue weighted by Crippen LogP contribution is 2.55. The van der Waals surface area contributed by atoms with Crippen LogP contribution in [0.4, 0.5) is 0 Å². The third-order valence-electron chi connectivity index (χ3n) is 6.86. The van der Waals surface area contributed by atoms with Crippen LogP contribution in [0.3, 0.4) is 0 Å². The third kappa shape index (κ3) is 3.50. The van der Waals surface area contributed by atoms with Crippen molar-refractivity contribution in [2.45, 2.75) is 52.1 Å². The lowest BCUT2D eigenvalue weighted by Gasteiger charge is -2.30. The van der Waals surface area contributed by atoms with Crippen molar-refractivity contribution in [1.82, 2.24) is 4.98 Å². The van der Waals surface area contributed by atoms with E-state index >= 15 is 0 Å². The molecular weight excluding hydrogens is 402 g/mol. The van der Waals surface area contributed by atoms with Crippen LogP contribution in [0.15, 0.2) is 84.4 Å². The molecule has 0 aliphatic heterocycles. The molecule has 1 unspecified atom stereocenters. The normalized spacial score (nSPS) is 17.6. The Bertz CT molecular complexity index is 1330. The summed E-state index contributed by atoms with van der Waals surface area (Å²) in [4.78, 5) is 5.14. The zero-order valence-corrected chi connectivity index (χ0v) is 19.7. The smallest absolute Gasteiger partial charge is 0.114 e. The number of fused-ring (bicyclic) bond motifs is 3. The second-order valence-corrected chi connectivity index (χ2v) is 9.17. The summed E-state index contributed by atoms with van der Waals surface area (Å²) in [6, 6.07) is 27.5. The SMILES string of the molecule is CCCC1=C(c2ccc(C)cc2)c2c(c(-c3ccccc3)nc3ccccc23)C1(O)CCC. The second kappa shape index (κ2) is 8.61. The molecule has 3 aromatic carbocycles. The van der Waals surface area contributed by atoms with E-state index in [9.17, 15) is 5.11 Å². The van der Waals surface area contributed by atoms with Gasteiger partial charge in [0.1, 0.15) is 5.60 Å². The van der Waals surface area contributed by atoms with Gasteiger partial charge in [0.2, 0.25) is 0 Å². The van der Waals surface area contributed by atoms with Gasteiger partial charge in [-0.15, -0.1) is 0 Å². The van der Waals surface area contributed by atoms with Crippen molar-refractivity contribution in [1.29, 1.82) is 0 Å². The minimum absolute atomic E-state index is 0.685. The number of para-hydroxylation sites is 1. The Morgan fingerprint density at radius 2 is 1.48 bits per heavy atom. The molecule has 0 bridgehead atoms. The standard InChI is InChI=1S/C31H31NO/c1-4-11-25-27(22-18-16-21(3)17-19-22)28-24-14-9-10-15-26(24)32-30(23-12-7-6-8-13-23)29(28)31(25,33)20-5-2/h6-10,12-19,33H,4-5,11,20H2,1-3H3. The van der Waals surface area contributed by atoms with Crippen LogP contribution < -0.4 is 0 Å². The predicted molar refractivity (Wildman–Crippen MR) is 138 cm³/mol. The van der Waals surface area contributed by atoms with Crippen LogP contribution >= 0.6 is 0 Å². The average Bonchev–Trinajstić information content (AvgIpc) is 3.09. The summed E-state index contributed by atoms with van der Waals surface area (Å²) in [5, 5.41) is 13.6. The van der Waals surface area contributed by atoms with Gasteiger partial charge >= 0.3 is 0 Å². The summed E-state index contributed by atoms with van der Waals surface area (Å²) in [7, 11) is 0. The van der Waals surface area contributed by atoms with Crippen molar-refractivity contribution >= 4 is 16.5 Å². The summed E-state index contributed by atoms with van der Waals surface area (Å²) < 4.78 is 0. The van der Waals surface area contributed by atoms with E-state index in [-0.39, 0.29) is 0 Å². The van der Waals surface area contributed by atoms with E-state index in [0.29, 0.717) is 6.42 Å². The molecule has 1 N–H and O–H groups in total. The van der Waals surface area contributed by atoms with E-state index in [1.807, 2.05) is 24.3 Å². The number of rotatable bonds is 6. The number of aryl methyl sites for hydroxylation is 1. The molecule has 2 heteroatoms. The molecule has 0 radical (unpaired) electrons. The van der Waals surface area contributed by atoms with Gasteiger partial charge in [-0.3, -0.25) is 0 Å². The minimum atomic E-state index is -1.03. The fraction of sp³-hybridized carbons (Fsp3) is 0.258. The zero-order chi connectivity index (χ0) is 23.0. The number of benzene rings is 3. The molecule has 5 rings (SSSR count). The highest BCUT2D eigenvalue weighted by Gasteiger charge is 2.46. The van der Waals surface area contributed by atoms with Crippen molar-refractivity contribution in [3.05, 3.63) is 107 Å². The van der Waals surface area contributed by atoms with Crippen LogP contribution in [0.2, 0.25) is 0 Å². The number of hydrogen-bond donors (Lipinski definition) is 1. The number of aliphatic hydroxyl groups is 1. The molecule has 0 spiro atoms. The molecule has 0 amide bonds. The number of pyridine rings is 1. The molecule has 0 fully saturated rings. The highest BCUT2D eigenvalue weighted by atomic mass is 16.3. The lowest BCUT2D eigenvalue weighted by molar-refractivity contribution is 0.0663. The van der Waals surface area contributed by atoms with Gasteiger partial charge in [-0.2, -0.15) is 0 Å². The lowest BCUT2D eigenvalue weighted by atomic mass is 9.81. The van der Waals surface area contributed by atoms with Crippen LogP contribution in [0.25, 0.3) is 27.7 Å². The Hall–Kier alpha value is -3.23. The maximum Gasteiger partial charge on any atom is 0.114 e. The van der Waals surface area contributed by atoms with Crippen molar-refractivity contribution in [3.8, 4) is 11.3 Å². The Kier molecular flexibility index (Phi) is 5.64. The van der Waals surface area contributed by atoms with Gasteiger partial charge in [0.15, 0.2) is 0 Å². The van der Waals surface area contributed by atoms with Gasteiger partial charge in [-0.25, -0.2) is 4.98 Å². The molecule has 0 saturated carbocycles. The Morgan fingerprint density at radius 3 is 2.18 bits per heavy atom. The topological polar surface area (TPSA) is 33.1 Å². The molecule has 0 saturated heterocycles. The molecule has 1 aliphatic carbocycles. The van der Waals surface area contributed by atoms with Crippen LogP contribution in [-0.2, 0) is 5.60 Å². The van der Waals surface area contributed by atoms with E-state index in [1.54, 1.807) is 0 Å². The first-order chi connectivity index (χ1) is 16.1. The van der Waals surface area contributed by atoms with E-state index in [1.165, 1.54) is 16.7 Å². The molecule has 33 heavy (non-hydrogen) atoms. The van der Waals surface area contributed by atoms with E-state index in [0.717, 1.165) is 58.1 Å². The molecule has 1 aromatic heterocycles. The van der Waals surface area contributed by atoms with Gasteiger partial charge in [-0.05, 0) is 42.5 Å². The molecule has 1 aliphatic rings. The van der Waals surface area contributed by atoms with Crippen molar-refractivity contribution in [2.75, 3.05) is 0 Å².